The summed E-state index contributed by atoms with van der Waals surface area (Å²) < 4.78 is 0. The fourth-order valence-electron chi connectivity index (χ4n) is 1.35. The van der Waals surface area contributed by atoms with Crippen molar-refractivity contribution in [3.63, 3.8) is 0 Å². The number of rotatable bonds is 4. The molecule has 0 saturated heterocycles. The number of nitrogens with zero attached hydrogens (tertiary/aromatic N) is 1. The van der Waals surface area contributed by atoms with E-state index < -0.39 is 0 Å². The van der Waals surface area contributed by atoms with Gasteiger partial charge in [-0.2, -0.15) is 0 Å². The molecule has 70 valence electrons. The predicted molar refractivity (Wildman–Crippen MR) is 57.7 cm³/mol. The minimum Gasteiger partial charge on any atom is -0.296 e. The Labute approximate surface area is 80.7 Å². The van der Waals surface area contributed by atoms with Gasteiger partial charge in [0.1, 0.15) is 0 Å². The molecule has 1 aromatic carbocycles. The van der Waals surface area contributed by atoms with Gasteiger partial charge >= 0.3 is 0 Å². The number of hydrogen-bond donors (Lipinski definition) is 0. The highest BCUT2D eigenvalue weighted by Crippen LogP contribution is 2.17. The van der Waals surface area contributed by atoms with Crippen molar-refractivity contribution < 1.29 is 0 Å². The monoisotopic (exact) mass is 175 g/mol. The summed E-state index contributed by atoms with van der Waals surface area (Å²) in [5.74, 6) is 0. The number of hydrogen-bond acceptors (Lipinski definition) is 1. The van der Waals surface area contributed by atoms with Crippen LogP contribution in [0.1, 0.15) is 18.5 Å². The van der Waals surface area contributed by atoms with Gasteiger partial charge in [0.2, 0.25) is 0 Å². The van der Waals surface area contributed by atoms with Crippen molar-refractivity contribution in [2.24, 2.45) is 0 Å². The second-order valence-electron chi connectivity index (χ2n) is 3.31. The van der Waals surface area contributed by atoms with E-state index in [-0.39, 0.29) is 0 Å². The minimum atomic E-state index is 0.458. The van der Waals surface area contributed by atoms with Gasteiger partial charge < -0.3 is 0 Å². The lowest BCUT2D eigenvalue weighted by atomic mass is 10.1. The third kappa shape index (κ3) is 2.71. The molecular formula is C12H17N. The van der Waals surface area contributed by atoms with Crippen molar-refractivity contribution in [2.45, 2.75) is 13.0 Å². The number of benzene rings is 1. The van der Waals surface area contributed by atoms with Crippen LogP contribution in [0.3, 0.4) is 0 Å². The Hall–Kier alpha value is -1.08. The number of likely N-dealkylation sites (N-methyl/N-ethyl adjacent to an activating group) is 1. The van der Waals surface area contributed by atoms with Crippen molar-refractivity contribution in [3.8, 4) is 0 Å². The first-order valence-electron chi connectivity index (χ1n) is 4.61. The molecule has 1 nitrogen and oxygen atoms in total. The molecule has 0 aliphatic carbocycles. The summed E-state index contributed by atoms with van der Waals surface area (Å²) in [5.41, 5.74) is 1.35. The van der Waals surface area contributed by atoms with Crippen LogP contribution in [0.25, 0.3) is 0 Å². The highest BCUT2D eigenvalue weighted by molar-refractivity contribution is 5.18. The Bertz CT molecular complexity index is 253. The molecule has 0 fully saturated rings. The molecule has 0 aliphatic heterocycles. The van der Waals surface area contributed by atoms with E-state index in [2.05, 4.69) is 49.7 Å². The van der Waals surface area contributed by atoms with Gasteiger partial charge in [0.15, 0.2) is 0 Å². The first-order chi connectivity index (χ1) is 6.25. The molecule has 0 amide bonds. The van der Waals surface area contributed by atoms with E-state index in [1.54, 1.807) is 0 Å². The summed E-state index contributed by atoms with van der Waals surface area (Å²) >= 11 is 0. The lowest BCUT2D eigenvalue weighted by Crippen LogP contribution is -2.22. The lowest BCUT2D eigenvalue weighted by molar-refractivity contribution is 0.290. The zero-order valence-electron chi connectivity index (χ0n) is 8.40. The smallest absolute Gasteiger partial charge is 0.0320 e. The van der Waals surface area contributed by atoms with Crippen LogP contribution in [0.2, 0.25) is 0 Å². The van der Waals surface area contributed by atoms with Crippen LogP contribution in [0.5, 0.6) is 0 Å². The Morgan fingerprint density at radius 1 is 1.38 bits per heavy atom. The second-order valence-corrected chi connectivity index (χ2v) is 3.31. The zero-order valence-corrected chi connectivity index (χ0v) is 8.40. The third-order valence-electron chi connectivity index (χ3n) is 2.36. The van der Waals surface area contributed by atoms with Gasteiger partial charge in [-0.1, -0.05) is 36.4 Å². The van der Waals surface area contributed by atoms with Crippen LogP contribution in [0.15, 0.2) is 43.0 Å². The van der Waals surface area contributed by atoms with E-state index in [0.29, 0.717) is 6.04 Å². The molecule has 1 atom stereocenters. The molecule has 0 radical (unpaired) electrons. The van der Waals surface area contributed by atoms with Gasteiger partial charge in [0, 0.05) is 12.6 Å². The van der Waals surface area contributed by atoms with Crippen LogP contribution < -0.4 is 0 Å². The molecule has 1 aromatic rings. The summed E-state index contributed by atoms with van der Waals surface area (Å²) in [6.45, 7) is 6.87. The van der Waals surface area contributed by atoms with E-state index in [0.717, 1.165) is 6.54 Å². The molecule has 0 heterocycles. The first kappa shape index (κ1) is 10.0. The zero-order chi connectivity index (χ0) is 9.68. The normalized spacial score (nSPS) is 12.8. The maximum absolute atomic E-state index is 3.74. The highest BCUT2D eigenvalue weighted by Gasteiger charge is 2.08. The molecule has 0 unspecified atom stereocenters. The average Bonchev–Trinajstić information content (AvgIpc) is 2.18. The molecule has 0 saturated carbocycles. The van der Waals surface area contributed by atoms with Gasteiger partial charge in [-0.25, -0.2) is 0 Å². The van der Waals surface area contributed by atoms with E-state index in [1.807, 2.05) is 12.1 Å². The van der Waals surface area contributed by atoms with Gasteiger partial charge in [-0.05, 0) is 19.5 Å². The van der Waals surface area contributed by atoms with Crippen LogP contribution in [0.4, 0.5) is 0 Å². The lowest BCUT2D eigenvalue weighted by Gasteiger charge is -2.23. The van der Waals surface area contributed by atoms with Gasteiger partial charge in [-0.15, -0.1) is 6.58 Å². The fourth-order valence-corrected chi connectivity index (χ4v) is 1.35. The standard InChI is InChI=1S/C12H17N/c1-4-10-13(3)11(2)12-8-6-5-7-9-12/h4-9,11H,1,10H2,2-3H3/t11-/m1/s1. The molecule has 0 N–H and O–H groups in total. The van der Waals surface area contributed by atoms with Crippen molar-refractivity contribution in [2.75, 3.05) is 13.6 Å². The predicted octanol–water partition coefficient (Wildman–Crippen LogP) is 2.87. The molecule has 1 rings (SSSR count). The van der Waals surface area contributed by atoms with Gasteiger partial charge in [-0.3, -0.25) is 4.90 Å². The Morgan fingerprint density at radius 2 is 2.00 bits per heavy atom. The second kappa shape index (κ2) is 4.83. The SMILES string of the molecule is C=CCN(C)[C@H](C)c1ccccc1. The van der Waals surface area contributed by atoms with Crippen LogP contribution in [-0.4, -0.2) is 18.5 Å². The molecule has 13 heavy (non-hydrogen) atoms. The quantitative estimate of drug-likeness (QED) is 0.636. The summed E-state index contributed by atoms with van der Waals surface area (Å²) in [7, 11) is 2.11. The maximum Gasteiger partial charge on any atom is 0.0320 e. The largest absolute Gasteiger partial charge is 0.296 e. The molecule has 1 heteroatoms. The van der Waals surface area contributed by atoms with Crippen molar-refractivity contribution in [1.82, 2.24) is 4.90 Å². The fraction of sp³-hybridized carbons (Fsp3) is 0.333. The molecule has 0 spiro atoms. The third-order valence-corrected chi connectivity index (χ3v) is 2.36. The molecule has 0 aliphatic rings. The van der Waals surface area contributed by atoms with Crippen LogP contribution in [-0.2, 0) is 0 Å². The maximum atomic E-state index is 3.74. The topological polar surface area (TPSA) is 3.24 Å². The summed E-state index contributed by atoms with van der Waals surface area (Å²) in [5, 5.41) is 0. The van der Waals surface area contributed by atoms with Gasteiger partial charge in [0.05, 0.1) is 0 Å². The van der Waals surface area contributed by atoms with E-state index in [4.69, 9.17) is 0 Å². The summed E-state index contributed by atoms with van der Waals surface area (Å²) in [4.78, 5) is 2.27. The molecular weight excluding hydrogens is 158 g/mol. The van der Waals surface area contributed by atoms with E-state index in [9.17, 15) is 0 Å². The Kier molecular flexibility index (Phi) is 3.71. The minimum absolute atomic E-state index is 0.458. The van der Waals surface area contributed by atoms with Crippen LogP contribution in [0, 0.1) is 0 Å². The highest BCUT2D eigenvalue weighted by atomic mass is 15.1. The van der Waals surface area contributed by atoms with Crippen molar-refractivity contribution in [1.29, 1.82) is 0 Å². The van der Waals surface area contributed by atoms with E-state index in [1.165, 1.54) is 5.56 Å². The average molecular weight is 175 g/mol. The molecule has 0 bridgehead atoms. The first-order valence-corrected chi connectivity index (χ1v) is 4.61. The van der Waals surface area contributed by atoms with Crippen LogP contribution >= 0.6 is 0 Å². The van der Waals surface area contributed by atoms with Crippen molar-refractivity contribution in [3.05, 3.63) is 48.6 Å². The summed E-state index contributed by atoms with van der Waals surface area (Å²) in [6.07, 6.45) is 1.93. The van der Waals surface area contributed by atoms with E-state index >= 15 is 0 Å². The van der Waals surface area contributed by atoms with Crippen molar-refractivity contribution >= 4 is 0 Å². The Balaban J connectivity index is 2.67. The Morgan fingerprint density at radius 3 is 2.54 bits per heavy atom. The molecule has 0 aromatic heterocycles. The summed E-state index contributed by atoms with van der Waals surface area (Å²) in [6, 6.07) is 11.0. The van der Waals surface area contributed by atoms with Gasteiger partial charge in [0.25, 0.3) is 0 Å².